The number of hydrogen-bond donors (Lipinski definition) is 1. The number of methoxy groups -OCH3 is 1. The Morgan fingerprint density at radius 2 is 2.03 bits per heavy atom. The Kier molecular flexibility index (Phi) is 6.81. The fraction of sp³-hybridized carbons (Fsp3) is 0.346. The summed E-state index contributed by atoms with van der Waals surface area (Å²) in [6.45, 7) is 7.39. The lowest BCUT2D eigenvalue weighted by Crippen LogP contribution is -2.25. The Balaban J connectivity index is 1.36. The van der Waals surface area contributed by atoms with E-state index in [9.17, 15) is 4.79 Å². The third-order valence-corrected chi connectivity index (χ3v) is 6.12. The van der Waals surface area contributed by atoms with Gasteiger partial charge in [-0.3, -0.25) is 9.69 Å². The van der Waals surface area contributed by atoms with Crippen molar-refractivity contribution in [3.63, 3.8) is 0 Å². The van der Waals surface area contributed by atoms with Crippen molar-refractivity contribution in [2.45, 2.75) is 39.3 Å². The lowest BCUT2D eigenvalue weighted by Gasteiger charge is -2.17. The largest absolute Gasteiger partial charge is 0.497 e. The Morgan fingerprint density at radius 3 is 2.81 bits per heavy atom. The number of carbonyl (C=O) groups excluding carboxylic acids is 1. The van der Waals surface area contributed by atoms with E-state index in [1.807, 2.05) is 31.2 Å². The zero-order valence-corrected chi connectivity index (χ0v) is 19.0. The number of ether oxygens (including phenoxy) is 1. The maximum Gasteiger partial charge on any atom is 0.254 e. The maximum absolute atomic E-state index is 12.7. The third kappa shape index (κ3) is 5.14. The molecular formula is C26H30N4O2. The summed E-state index contributed by atoms with van der Waals surface area (Å²) in [4.78, 5) is 24.4. The molecule has 6 heteroatoms. The van der Waals surface area contributed by atoms with E-state index >= 15 is 0 Å². The summed E-state index contributed by atoms with van der Waals surface area (Å²) >= 11 is 0. The van der Waals surface area contributed by atoms with E-state index in [2.05, 4.69) is 46.4 Å². The molecule has 0 spiro atoms. The average molecular weight is 431 g/mol. The quantitative estimate of drug-likeness (QED) is 0.613. The molecular weight excluding hydrogens is 400 g/mol. The predicted molar refractivity (Wildman–Crippen MR) is 125 cm³/mol. The highest BCUT2D eigenvalue weighted by Gasteiger charge is 2.27. The highest BCUT2D eigenvalue weighted by Crippen LogP contribution is 2.27. The molecule has 4 rings (SSSR count). The Morgan fingerprint density at radius 1 is 1.19 bits per heavy atom. The van der Waals surface area contributed by atoms with Gasteiger partial charge >= 0.3 is 0 Å². The van der Waals surface area contributed by atoms with Crippen molar-refractivity contribution in [1.82, 2.24) is 20.2 Å². The first-order valence-electron chi connectivity index (χ1n) is 11.0. The summed E-state index contributed by atoms with van der Waals surface area (Å²) < 4.78 is 5.24. The fourth-order valence-electron chi connectivity index (χ4n) is 4.18. The maximum atomic E-state index is 12.7. The van der Waals surface area contributed by atoms with Crippen LogP contribution in [0.2, 0.25) is 0 Å². The van der Waals surface area contributed by atoms with Gasteiger partial charge in [0.15, 0.2) is 0 Å². The van der Waals surface area contributed by atoms with Gasteiger partial charge in [-0.05, 0) is 55.6 Å². The molecule has 1 amide bonds. The van der Waals surface area contributed by atoms with Crippen molar-refractivity contribution in [1.29, 1.82) is 0 Å². The van der Waals surface area contributed by atoms with Gasteiger partial charge in [0.2, 0.25) is 0 Å². The molecule has 1 atom stereocenters. The molecule has 32 heavy (non-hydrogen) atoms. The number of hydrogen-bond acceptors (Lipinski definition) is 5. The topological polar surface area (TPSA) is 67.3 Å². The van der Waals surface area contributed by atoms with Crippen LogP contribution >= 0.6 is 0 Å². The van der Waals surface area contributed by atoms with Crippen molar-refractivity contribution < 1.29 is 9.53 Å². The van der Waals surface area contributed by atoms with Crippen LogP contribution in [-0.2, 0) is 13.1 Å². The fourth-order valence-corrected chi connectivity index (χ4v) is 4.18. The summed E-state index contributed by atoms with van der Waals surface area (Å²) in [6.07, 6.45) is 2.70. The normalized spacial score (nSPS) is 16.2. The van der Waals surface area contributed by atoms with Gasteiger partial charge in [-0.25, -0.2) is 9.97 Å². The van der Waals surface area contributed by atoms with E-state index in [1.165, 1.54) is 11.1 Å². The first-order valence-corrected chi connectivity index (χ1v) is 11.0. The molecule has 166 valence electrons. The van der Waals surface area contributed by atoms with E-state index < -0.39 is 0 Å². The molecule has 1 aromatic heterocycles. The standard InChI is InChI=1S/C26H30N4O2/c1-18-7-4-5-9-21(18)16-30-12-11-22(17-30)25-27-15-24(19(2)29-25)26(31)28-14-20-8-6-10-23(13-20)32-3/h4-10,13,15,22H,11-12,14,16-17H2,1-3H3,(H,28,31)/t22-/m1/s1. The average Bonchev–Trinajstić information content (AvgIpc) is 3.27. The van der Waals surface area contributed by atoms with Crippen LogP contribution in [0.3, 0.4) is 0 Å². The summed E-state index contributed by atoms with van der Waals surface area (Å²) in [6, 6.07) is 16.2. The van der Waals surface area contributed by atoms with E-state index in [-0.39, 0.29) is 5.91 Å². The zero-order valence-electron chi connectivity index (χ0n) is 19.0. The van der Waals surface area contributed by atoms with Crippen molar-refractivity contribution in [3.05, 3.63) is 88.5 Å². The highest BCUT2D eigenvalue weighted by molar-refractivity contribution is 5.94. The van der Waals surface area contributed by atoms with Gasteiger partial charge in [-0.15, -0.1) is 0 Å². The van der Waals surface area contributed by atoms with Crippen LogP contribution in [0.25, 0.3) is 0 Å². The SMILES string of the molecule is COc1cccc(CNC(=O)c2cnc([C@@H]3CCN(Cc4ccccc4C)C3)nc2C)c1. The summed E-state index contributed by atoms with van der Waals surface area (Å²) in [5.74, 6) is 1.74. The van der Waals surface area contributed by atoms with Gasteiger partial charge < -0.3 is 10.1 Å². The number of rotatable bonds is 7. The number of nitrogens with zero attached hydrogens (tertiary/aromatic N) is 3. The summed E-state index contributed by atoms with van der Waals surface area (Å²) in [5.41, 5.74) is 4.91. The van der Waals surface area contributed by atoms with Crippen molar-refractivity contribution in [2.75, 3.05) is 20.2 Å². The molecule has 0 saturated carbocycles. The van der Waals surface area contributed by atoms with Gasteiger partial charge in [0.1, 0.15) is 11.6 Å². The van der Waals surface area contributed by atoms with Gasteiger partial charge in [0, 0.05) is 31.7 Å². The number of aryl methyl sites for hydroxylation is 2. The van der Waals surface area contributed by atoms with E-state index in [1.54, 1.807) is 13.3 Å². The van der Waals surface area contributed by atoms with Crippen LogP contribution in [0.1, 0.15) is 50.9 Å². The number of likely N-dealkylation sites (tertiary alicyclic amines) is 1. The van der Waals surface area contributed by atoms with E-state index in [0.717, 1.165) is 48.9 Å². The molecule has 1 N–H and O–H groups in total. The lowest BCUT2D eigenvalue weighted by atomic mass is 10.1. The summed E-state index contributed by atoms with van der Waals surface area (Å²) in [7, 11) is 1.63. The molecule has 3 aromatic rings. The van der Waals surface area contributed by atoms with Crippen LogP contribution in [0.5, 0.6) is 5.75 Å². The number of aromatic nitrogens is 2. The van der Waals surface area contributed by atoms with Crippen LogP contribution in [0.15, 0.2) is 54.7 Å². The molecule has 6 nitrogen and oxygen atoms in total. The molecule has 1 aliphatic heterocycles. The monoisotopic (exact) mass is 430 g/mol. The van der Waals surface area contributed by atoms with E-state index in [0.29, 0.717) is 18.0 Å². The third-order valence-electron chi connectivity index (χ3n) is 6.12. The smallest absolute Gasteiger partial charge is 0.254 e. The Bertz CT molecular complexity index is 1100. The first kappa shape index (κ1) is 22.0. The van der Waals surface area contributed by atoms with Crippen molar-refractivity contribution in [2.24, 2.45) is 0 Å². The molecule has 2 aromatic carbocycles. The number of carbonyl (C=O) groups is 1. The van der Waals surface area contributed by atoms with Crippen LogP contribution in [0.4, 0.5) is 0 Å². The van der Waals surface area contributed by atoms with Gasteiger partial charge in [-0.2, -0.15) is 0 Å². The van der Waals surface area contributed by atoms with E-state index in [4.69, 9.17) is 9.72 Å². The van der Waals surface area contributed by atoms with Crippen LogP contribution in [-0.4, -0.2) is 41.0 Å². The molecule has 2 heterocycles. The van der Waals surface area contributed by atoms with Gasteiger partial charge in [0.25, 0.3) is 5.91 Å². The van der Waals surface area contributed by atoms with Crippen LogP contribution in [0, 0.1) is 13.8 Å². The lowest BCUT2D eigenvalue weighted by molar-refractivity contribution is 0.0949. The molecule has 0 radical (unpaired) electrons. The van der Waals surface area contributed by atoms with Crippen LogP contribution < -0.4 is 10.1 Å². The molecule has 1 aliphatic rings. The van der Waals surface area contributed by atoms with Gasteiger partial charge in [0.05, 0.1) is 18.4 Å². The molecule has 1 fully saturated rings. The minimum absolute atomic E-state index is 0.163. The number of nitrogens with one attached hydrogen (secondary N) is 1. The second kappa shape index (κ2) is 9.92. The van der Waals surface area contributed by atoms with Crippen molar-refractivity contribution >= 4 is 5.91 Å². The number of benzene rings is 2. The second-order valence-corrected chi connectivity index (χ2v) is 8.41. The second-order valence-electron chi connectivity index (χ2n) is 8.41. The highest BCUT2D eigenvalue weighted by atomic mass is 16.5. The zero-order chi connectivity index (χ0) is 22.5. The Labute approximate surface area is 189 Å². The van der Waals surface area contributed by atoms with Gasteiger partial charge in [-0.1, -0.05) is 36.4 Å². The molecule has 0 unspecified atom stereocenters. The number of amides is 1. The predicted octanol–water partition coefficient (Wildman–Crippen LogP) is 4.02. The minimum atomic E-state index is -0.163. The first-order chi connectivity index (χ1) is 15.5. The molecule has 0 aliphatic carbocycles. The molecule has 0 bridgehead atoms. The minimum Gasteiger partial charge on any atom is -0.497 e. The molecule has 1 saturated heterocycles. The Hall–Kier alpha value is -3.25. The van der Waals surface area contributed by atoms with Crippen molar-refractivity contribution in [3.8, 4) is 5.75 Å². The summed E-state index contributed by atoms with van der Waals surface area (Å²) in [5, 5.41) is 2.95.